The molecular weight excluding hydrogens is 332 g/mol. The van der Waals surface area contributed by atoms with E-state index in [4.69, 9.17) is 9.47 Å². The molecule has 0 aliphatic heterocycles. The van der Waals surface area contributed by atoms with Crippen molar-refractivity contribution in [1.29, 1.82) is 0 Å². The van der Waals surface area contributed by atoms with Crippen molar-refractivity contribution in [3.63, 3.8) is 0 Å². The van der Waals surface area contributed by atoms with Crippen LogP contribution in [0.2, 0.25) is 0 Å². The monoisotopic (exact) mass is 354 g/mol. The first kappa shape index (κ1) is 19.1. The predicted molar refractivity (Wildman–Crippen MR) is 101 cm³/mol. The van der Waals surface area contributed by atoms with Crippen LogP contribution in [0.5, 0.6) is 17.2 Å². The highest BCUT2D eigenvalue weighted by Crippen LogP contribution is 2.26. The lowest BCUT2D eigenvalue weighted by molar-refractivity contribution is -0.136. The highest BCUT2D eigenvalue weighted by atomic mass is 16.5. The van der Waals surface area contributed by atoms with Crippen LogP contribution in [0, 0.1) is 0 Å². The van der Waals surface area contributed by atoms with Crippen LogP contribution >= 0.6 is 0 Å². The number of methoxy groups -OCH3 is 1. The van der Waals surface area contributed by atoms with Crippen LogP contribution in [-0.2, 0) is 16.0 Å². The van der Waals surface area contributed by atoms with E-state index < -0.39 is 5.97 Å². The molecule has 2 aromatic rings. The van der Waals surface area contributed by atoms with Crippen LogP contribution in [0.1, 0.15) is 23.6 Å². The Balaban J connectivity index is 1.87. The molecule has 0 amide bonds. The lowest BCUT2D eigenvalue weighted by Gasteiger charge is -2.03. The van der Waals surface area contributed by atoms with Crippen molar-refractivity contribution in [2.75, 3.05) is 13.7 Å². The zero-order valence-electron chi connectivity index (χ0n) is 14.8. The number of esters is 1. The van der Waals surface area contributed by atoms with Gasteiger partial charge < -0.3 is 19.7 Å². The molecule has 0 saturated heterocycles. The number of aryl methyl sites for hydroxylation is 1. The lowest BCUT2D eigenvalue weighted by atomic mass is 10.1. The fourth-order valence-corrected chi connectivity index (χ4v) is 2.32. The maximum absolute atomic E-state index is 11.7. The molecule has 0 unspecified atom stereocenters. The Hall–Kier alpha value is -3.21. The number of aromatic hydroxyl groups is 2. The average Bonchev–Trinajstić information content (AvgIpc) is 2.65. The van der Waals surface area contributed by atoms with Crippen LogP contribution in [-0.4, -0.2) is 29.9 Å². The van der Waals surface area contributed by atoms with Gasteiger partial charge in [0, 0.05) is 6.08 Å². The van der Waals surface area contributed by atoms with Gasteiger partial charge in [0.15, 0.2) is 11.5 Å². The Morgan fingerprint density at radius 3 is 2.42 bits per heavy atom. The second-order valence-electron chi connectivity index (χ2n) is 5.54. The van der Waals surface area contributed by atoms with Gasteiger partial charge in [-0.3, -0.25) is 0 Å². The first-order chi connectivity index (χ1) is 12.5. The van der Waals surface area contributed by atoms with Gasteiger partial charge in [0.2, 0.25) is 0 Å². The van der Waals surface area contributed by atoms with Gasteiger partial charge in [-0.2, -0.15) is 0 Å². The number of phenolic OH excluding ortho intramolecular Hbond substituents is 2. The number of rotatable bonds is 7. The van der Waals surface area contributed by atoms with Crippen molar-refractivity contribution in [3.8, 4) is 17.2 Å². The first-order valence-electron chi connectivity index (χ1n) is 8.23. The summed E-state index contributed by atoms with van der Waals surface area (Å²) in [6.07, 6.45) is 7.22. The summed E-state index contributed by atoms with van der Waals surface area (Å²) >= 11 is 0. The minimum atomic E-state index is -0.471. The molecule has 0 aliphatic rings. The summed E-state index contributed by atoms with van der Waals surface area (Å²) in [7, 11) is 1.46. The fraction of sp³-hybridized carbons (Fsp3) is 0.190. The zero-order valence-corrected chi connectivity index (χ0v) is 14.8. The van der Waals surface area contributed by atoms with Crippen LogP contribution in [0.15, 0.2) is 48.6 Å². The van der Waals surface area contributed by atoms with Gasteiger partial charge in [0.1, 0.15) is 12.4 Å². The minimum absolute atomic E-state index is 0.0397. The molecule has 0 fully saturated rings. The molecular formula is C21H22O5. The van der Waals surface area contributed by atoms with Crippen molar-refractivity contribution in [1.82, 2.24) is 0 Å². The normalized spacial score (nSPS) is 11.2. The fourth-order valence-electron chi connectivity index (χ4n) is 2.32. The number of ether oxygens (including phenoxy) is 2. The molecule has 0 spiro atoms. The van der Waals surface area contributed by atoms with Crippen LogP contribution in [0.3, 0.4) is 0 Å². The van der Waals surface area contributed by atoms with Gasteiger partial charge in [0.25, 0.3) is 0 Å². The molecule has 0 bridgehead atoms. The third-order valence-electron chi connectivity index (χ3n) is 3.73. The van der Waals surface area contributed by atoms with E-state index in [0.717, 1.165) is 17.5 Å². The van der Waals surface area contributed by atoms with E-state index in [1.807, 2.05) is 19.1 Å². The molecule has 2 aromatic carbocycles. The number of hydrogen-bond donors (Lipinski definition) is 2. The third kappa shape index (κ3) is 5.41. The van der Waals surface area contributed by atoms with Crippen LogP contribution in [0.25, 0.3) is 12.2 Å². The van der Waals surface area contributed by atoms with Crippen LogP contribution in [0.4, 0.5) is 0 Å². The minimum Gasteiger partial charge on any atom is -0.508 e. The van der Waals surface area contributed by atoms with Crippen molar-refractivity contribution in [2.45, 2.75) is 13.3 Å². The van der Waals surface area contributed by atoms with Gasteiger partial charge >= 0.3 is 5.97 Å². The lowest BCUT2D eigenvalue weighted by Crippen LogP contribution is -1.99. The maximum Gasteiger partial charge on any atom is 0.331 e. The number of benzene rings is 2. The molecule has 136 valence electrons. The second kappa shape index (κ2) is 9.32. The zero-order chi connectivity index (χ0) is 18.9. The van der Waals surface area contributed by atoms with Crippen molar-refractivity contribution >= 4 is 18.1 Å². The van der Waals surface area contributed by atoms with Crippen LogP contribution < -0.4 is 4.74 Å². The van der Waals surface area contributed by atoms with Crippen molar-refractivity contribution < 1.29 is 24.5 Å². The van der Waals surface area contributed by atoms with E-state index in [1.165, 1.54) is 19.3 Å². The molecule has 26 heavy (non-hydrogen) atoms. The van der Waals surface area contributed by atoms with Gasteiger partial charge in [-0.15, -0.1) is 0 Å². The Morgan fingerprint density at radius 2 is 1.73 bits per heavy atom. The molecule has 5 nitrogen and oxygen atoms in total. The molecule has 0 aromatic heterocycles. The number of carbonyl (C=O) groups is 1. The Bertz CT molecular complexity index is 821. The van der Waals surface area contributed by atoms with E-state index in [1.54, 1.807) is 36.4 Å². The summed E-state index contributed by atoms with van der Waals surface area (Å²) in [5.41, 5.74) is 2.52. The standard InChI is InChI=1S/C21H22O5/c1-3-17-13-15(6-9-18(17)22)5-4-12-26-21(24)11-8-16-7-10-19(23)20(14-16)25-2/h4-11,13-14,22-23H,3,12H2,1-2H3/b5-4+,11-8+. The summed E-state index contributed by atoms with van der Waals surface area (Å²) in [5, 5.41) is 19.2. The number of phenols is 2. The second-order valence-corrected chi connectivity index (χ2v) is 5.54. The summed E-state index contributed by atoms with van der Waals surface area (Å²) in [6, 6.07) is 10.1. The maximum atomic E-state index is 11.7. The van der Waals surface area contributed by atoms with E-state index in [9.17, 15) is 15.0 Å². The van der Waals surface area contributed by atoms with Crippen molar-refractivity contribution in [2.24, 2.45) is 0 Å². The van der Waals surface area contributed by atoms with E-state index >= 15 is 0 Å². The Labute approximate surface area is 152 Å². The van der Waals surface area contributed by atoms with E-state index in [-0.39, 0.29) is 18.1 Å². The largest absolute Gasteiger partial charge is 0.508 e. The van der Waals surface area contributed by atoms with Crippen molar-refractivity contribution in [3.05, 3.63) is 65.2 Å². The Morgan fingerprint density at radius 1 is 1.04 bits per heavy atom. The van der Waals surface area contributed by atoms with Gasteiger partial charge in [-0.05, 0) is 59.5 Å². The molecule has 0 heterocycles. The van der Waals surface area contributed by atoms with Gasteiger partial charge in [-0.25, -0.2) is 4.79 Å². The summed E-state index contributed by atoms with van der Waals surface area (Å²) in [4.78, 5) is 11.7. The van der Waals surface area contributed by atoms with Gasteiger partial charge in [0.05, 0.1) is 7.11 Å². The number of carbonyl (C=O) groups excluding carboxylic acids is 1. The van der Waals surface area contributed by atoms with E-state index in [2.05, 4.69) is 0 Å². The van der Waals surface area contributed by atoms with E-state index in [0.29, 0.717) is 11.3 Å². The summed E-state index contributed by atoms with van der Waals surface area (Å²) in [6.45, 7) is 2.12. The highest BCUT2D eigenvalue weighted by Gasteiger charge is 2.02. The first-order valence-corrected chi connectivity index (χ1v) is 8.23. The predicted octanol–water partition coefficient (Wildman–Crippen LogP) is 3.94. The molecule has 2 rings (SSSR count). The topological polar surface area (TPSA) is 76.0 Å². The highest BCUT2D eigenvalue weighted by molar-refractivity contribution is 5.87. The molecule has 2 N–H and O–H groups in total. The third-order valence-corrected chi connectivity index (χ3v) is 3.73. The summed E-state index contributed by atoms with van der Waals surface area (Å²) < 4.78 is 10.1. The number of hydrogen-bond acceptors (Lipinski definition) is 5. The molecule has 0 atom stereocenters. The molecule has 5 heteroatoms. The quantitative estimate of drug-likeness (QED) is 0.582. The smallest absolute Gasteiger partial charge is 0.331 e. The SMILES string of the molecule is CCc1cc(/C=C/COC(=O)/C=C/c2ccc(O)c(OC)c2)ccc1O. The molecule has 0 saturated carbocycles. The summed E-state index contributed by atoms with van der Waals surface area (Å²) in [5.74, 6) is 0.190. The van der Waals surface area contributed by atoms with Gasteiger partial charge in [-0.1, -0.05) is 25.1 Å². The average molecular weight is 354 g/mol. The molecule has 0 aliphatic carbocycles. The Kier molecular flexibility index (Phi) is 6.85. The molecule has 0 radical (unpaired) electrons.